The van der Waals surface area contributed by atoms with Crippen LogP contribution >= 0.6 is 11.6 Å². The fraction of sp³-hybridized carbons (Fsp3) is 0.467. The minimum absolute atomic E-state index is 0.0321. The maximum Gasteiger partial charge on any atom is 0.252 e. The Morgan fingerprint density at radius 1 is 1.19 bits per heavy atom. The third kappa shape index (κ3) is 6.66. The van der Waals surface area contributed by atoms with Crippen LogP contribution < -0.4 is 15.5 Å². The SMILES string of the molecule is CC(C)(C)[Si](C)(C)O[C@@H]1C[C@@H](C(=O)N(c2cccc(C#N)c2)C(C(=O)NC2CC(F)(F)C2)c2ccccc2Cl)NC1=O. The molecule has 3 amide bonds. The Morgan fingerprint density at radius 2 is 1.86 bits per heavy atom. The molecule has 1 aliphatic heterocycles. The standard InChI is InChI=1S/C30H35ClF2N4O4Si/c1-29(2,3)42(4,5)41-24-14-23(36-26(24)38)28(40)37(20-10-8-9-18(13-20)17-34)25(21-11-6-7-12-22(21)31)27(39)35-19-15-30(32,33)16-19/h6-13,19,23-25H,14-16H2,1-5H3,(H,35,39)(H,36,38)/t23-,24+,25?/m0/s1. The second-order valence-electron chi connectivity index (χ2n) is 12.4. The van der Waals surface area contributed by atoms with Gasteiger partial charge in [-0.1, -0.05) is 56.6 Å². The Labute approximate surface area is 250 Å². The molecular weight excluding hydrogens is 582 g/mol. The van der Waals surface area contributed by atoms with Crippen molar-refractivity contribution in [3.63, 3.8) is 0 Å². The maximum absolute atomic E-state index is 14.3. The monoisotopic (exact) mass is 616 g/mol. The maximum atomic E-state index is 14.3. The second-order valence-corrected chi connectivity index (χ2v) is 17.6. The summed E-state index contributed by atoms with van der Waals surface area (Å²) in [5.74, 6) is -4.64. The van der Waals surface area contributed by atoms with Crippen LogP contribution in [0.4, 0.5) is 14.5 Å². The quantitative estimate of drug-likeness (QED) is 0.382. The van der Waals surface area contributed by atoms with Crippen molar-refractivity contribution in [2.45, 2.75) is 88.3 Å². The van der Waals surface area contributed by atoms with Gasteiger partial charge in [-0.25, -0.2) is 8.78 Å². The van der Waals surface area contributed by atoms with Gasteiger partial charge in [0.25, 0.3) is 11.8 Å². The molecule has 4 rings (SSSR count). The minimum atomic E-state index is -2.87. The van der Waals surface area contributed by atoms with Crippen LogP contribution in [0.2, 0.25) is 23.2 Å². The number of amides is 3. The first kappa shape index (κ1) is 31.6. The summed E-state index contributed by atoms with van der Waals surface area (Å²) in [4.78, 5) is 42.4. The van der Waals surface area contributed by atoms with Gasteiger partial charge in [-0.3, -0.25) is 19.3 Å². The van der Waals surface area contributed by atoms with Crippen molar-refractivity contribution in [3.05, 3.63) is 64.7 Å². The van der Waals surface area contributed by atoms with Gasteiger partial charge in [-0.2, -0.15) is 5.26 Å². The van der Waals surface area contributed by atoms with E-state index >= 15 is 0 Å². The van der Waals surface area contributed by atoms with Crippen LogP contribution in [0.5, 0.6) is 0 Å². The highest BCUT2D eigenvalue weighted by Gasteiger charge is 2.49. The number of hydrogen-bond acceptors (Lipinski definition) is 5. The van der Waals surface area contributed by atoms with Crippen LogP contribution in [-0.4, -0.2) is 50.1 Å². The van der Waals surface area contributed by atoms with Crippen LogP contribution in [0.15, 0.2) is 48.5 Å². The van der Waals surface area contributed by atoms with Crippen LogP contribution in [0.1, 0.15) is 57.2 Å². The summed E-state index contributed by atoms with van der Waals surface area (Å²) in [6.45, 7) is 10.2. The molecule has 2 N–H and O–H groups in total. The number of benzene rings is 2. The van der Waals surface area contributed by atoms with E-state index in [9.17, 15) is 28.4 Å². The van der Waals surface area contributed by atoms with Crippen molar-refractivity contribution in [1.29, 1.82) is 5.26 Å². The van der Waals surface area contributed by atoms with Crippen molar-refractivity contribution >= 4 is 43.3 Å². The third-order valence-electron chi connectivity index (χ3n) is 8.23. The van der Waals surface area contributed by atoms with E-state index in [4.69, 9.17) is 16.0 Å². The predicted molar refractivity (Wildman–Crippen MR) is 158 cm³/mol. The number of nitrogens with zero attached hydrogens (tertiary/aromatic N) is 2. The Bertz CT molecular complexity index is 1420. The van der Waals surface area contributed by atoms with Gasteiger partial charge in [-0.15, -0.1) is 0 Å². The zero-order valence-electron chi connectivity index (χ0n) is 24.2. The Kier molecular flexibility index (Phi) is 8.84. The molecule has 0 spiro atoms. The molecule has 1 aliphatic carbocycles. The number of carbonyl (C=O) groups is 3. The summed E-state index contributed by atoms with van der Waals surface area (Å²) in [7, 11) is -2.37. The smallest absolute Gasteiger partial charge is 0.252 e. The average molecular weight is 617 g/mol. The lowest BCUT2D eigenvalue weighted by Gasteiger charge is -2.39. The molecule has 12 heteroatoms. The molecule has 224 valence electrons. The zero-order chi connectivity index (χ0) is 31.0. The number of halogens is 3. The largest absolute Gasteiger partial charge is 0.405 e. The first-order chi connectivity index (χ1) is 19.5. The molecule has 2 aromatic carbocycles. The van der Waals surface area contributed by atoms with Crippen LogP contribution in [0.25, 0.3) is 0 Å². The summed E-state index contributed by atoms with van der Waals surface area (Å²) in [5.41, 5.74) is 0.703. The summed E-state index contributed by atoms with van der Waals surface area (Å²) in [6, 6.07) is 11.4. The summed E-state index contributed by atoms with van der Waals surface area (Å²) >= 11 is 6.53. The van der Waals surface area contributed by atoms with E-state index in [-0.39, 0.29) is 33.3 Å². The number of anilines is 1. The van der Waals surface area contributed by atoms with E-state index in [0.29, 0.717) is 0 Å². The summed E-state index contributed by atoms with van der Waals surface area (Å²) in [6.07, 6.45) is -1.87. The second kappa shape index (κ2) is 11.7. The zero-order valence-corrected chi connectivity index (χ0v) is 26.0. The summed E-state index contributed by atoms with van der Waals surface area (Å²) < 4.78 is 33.6. The molecule has 2 aliphatic rings. The van der Waals surface area contributed by atoms with Gasteiger partial charge in [0.2, 0.25) is 11.8 Å². The predicted octanol–water partition coefficient (Wildman–Crippen LogP) is 5.48. The van der Waals surface area contributed by atoms with Crippen LogP contribution in [0, 0.1) is 11.3 Å². The van der Waals surface area contributed by atoms with Gasteiger partial charge >= 0.3 is 0 Å². The van der Waals surface area contributed by atoms with Gasteiger partial charge < -0.3 is 15.1 Å². The van der Waals surface area contributed by atoms with Gasteiger partial charge in [0.05, 0.1) is 11.6 Å². The van der Waals surface area contributed by atoms with E-state index < -0.39 is 69.0 Å². The molecule has 3 atom stereocenters. The average Bonchev–Trinajstić information content (AvgIpc) is 3.25. The number of alkyl halides is 2. The number of nitrogens with one attached hydrogen (secondary N) is 2. The number of rotatable bonds is 8. The highest BCUT2D eigenvalue weighted by Crippen LogP contribution is 2.40. The first-order valence-corrected chi connectivity index (χ1v) is 17.1. The molecule has 8 nitrogen and oxygen atoms in total. The Morgan fingerprint density at radius 3 is 2.45 bits per heavy atom. The fourth-order valence-electron chi connectivity index (χ4n) is 4.88. The molecule has 2 fully saturated rings. The Balaban J connectivity index is 1.74. The lowest BCUT2D eigenvalue weighted by atomic mass is 9.87. The van der Waals surface area contributed by atoms with E-state index in [1.54, 1.807) is 42.5 Å². The molecule has 0 bridgehead atoms. The molecule has 1 heterocycles. The van der Waals surface area contributed by atoms with Crippen LogP contribution in [-0.2, 0) is 18.8 Å². The summed E-state index contributed by atoms with van der Waals surface area (Å²) in [5, 5.41) is 14.9. The molecule has 2 aromatic rings. The lowest BCUT2D eigenvalue weighted by Crippen LogP contribution is -2.55. The van der Waals surface area contributed by atoms with Crippen molar-refractivity contribution in [2.24, 2.45) is 0 Å². The topological polar surface area (TPSA) is 112 Å². The van der Waals surface area contributed by atoms with Crippen molar-refractivity contribution in [1.82, 2.24) is 10.6 Å². The number of carbonyl (C=O) groups excluding carboxylic acids is 3. The van der Waals surface area contributed by atoms with E-state index in [1.807, 2.05) is 39.9 Å². The van der Waals surface area contributed by atoms with E-state index in [0.717, 1.165) is 0 Å². The van der Waals surface area contributed by atoms with Crippen molar-refractivity contribution in [3.8, 4) is 6.07 Å². The fourth-order valence-corrected chi connectivity index (χ4v) is 6.38. The minimum Gasteiger partial charge on any atom is -0.405 e. The van der Waals surface area contributed by atoms with E-state index in [1.165, 1.54) is 11.0 Å². The van der Waals surface area contributed by atoms with Crippen LogP contribution in [0.3, 0.4) is 0 Å². The molecule has 1 saturated carbocycles. The van der Waals surface area contributed by atoms with E-state index in [2.05, 4.69) is 10.6 Å². The highest BCUT2D eigenvalue weighted by molar-refractivity contribution is 6.74. The lowest BCUT2D eigenvalue weighted by molar-refractivity contribution is -0.133. The number of hydrogen-bond donors (Lipinski definition) is 2. The van der Waals surface area contributed by atoms with Crippen molar-refractivity contribution < 1.29 is 27.6 Å². The molecular formula is C30H35ClF2N4O4Si. The van der Waals surface area contributed by atoms with Crippen molar-refractivity contribution in [2.75, 3.05) is 4.90 Å². The Hall–Kier alpha value is -3.33. The molecule has 0 aromatic heterocycles. The van der Waals surface area contributed by atoms with Gasteiger partial charge in [-0.05, 0) is 42.4 Å². The van der Waals surface area contributed by atoms with Gasteiger partial charge in [0, 0.05) is 41.6 Å². The van der Waals surface area contributed by atoms with Gasteiger partial charge in [0.15, 0.2) is 8.32 Å². The number of nitriles is 1. The normalized spacial score (nSPS) is 21.1. The molecule has 0 radical (unpaired) electrons. The van der Waals surface area contributed by atoms with Gasteiger partial charge in [0.1, 0.15) is 18.2 Å². The molecule has 42 heavy (non-hydrogen) atoms. The highest BCUT2D eigenvalue weighted by atomic mass is 35.5. The molecule has 1 unspecified atom stereocenters. The first-order valence-electron chi connectivity index (χ1n) is 13.8. The third-order valence-corrected chi connectivity index (χ3v) is 13.1. The molecule has 1 saturated heterocycles.